The highest BCUT2D eigenvalue weighted by molar-refractivity contribution is 5.98. The van der Waals surface area contributed by atoms with Gasteiger partial charge >= 0.3 is 5.97 Å². The van der Waals surface area contributed by atoms with Crippen molar-refractivity contribution >= 4 is 23.5 Å². The van der Waals surface area contributed by atoms with E-state index in [0.717, 1.165) is 24.2 Å². The summed E-state index contributed by atoms with van der Waals surface area (Å²) in [6, 6.07) is 7.67. The lowest BCUT2D eigenvalue weighted by Gasteiger charge is -2.33. The van der Waals surface area contributed by atoms with E-state index in [1.165, 1.54) is 4.90 Å². The molecule has 2 heterocycles. The number of benzene rings is 1. The Morgan fingerprint density at radius 1 is 1.21 bits per heavy atom. The molecule has 0 spiro atoms. The lowest BCUT2D eigenvalue weighted by molar-refractivity contribution is -0.143. The van der Waals surface area contributed by atoms with Gasteiger partial charge in [0.25, 0.3) is 5.91 Å². The van der Waals surface area contributed by atoms with Gasteiger partial charge < -0.3 is 15.3 Å². The predicted molar refractivity (Wildman–Crippen MR) is 103 cm³/mol. The number of amides is 2. The molecule has 1 aromatic carbocycles. The summed E-state index contributed by atoms with van der Waals surface area (Å²) < 4.78 is 1.62. The molecule has 1 unspecified atom stereocenters. The molecule has 2 amide bonds. The minimum absolute atomic E-state index is 0.0745. The molecule has 3 rings (SSSR count). The molecule has 2 aromatic rings. The number of hydrogen-bond donors (Lipinski definition) is 2. The molecule has 1 atom stereocenters. The summed E-state index contributed by atoms with van der Waals surface area (Å²) >= 11 is 0. The van der Waals surface area contributed by atoms with Gasteiger partial charge in [-0.2, -0.15) is 5.10 Å². The van der Waals surface area contributed by atoms with Crippen LogP contribution in [0.3, 0.4) is 0 Å². The van der Waals surface area contributed by atoms with Crippen molar-refractivity contribution in [2.45, 2.75) is 45.7 Å². The molecule has 1 saturated heterocycles. The Hall–Kier alpha value is -3.16. The number of likely N-dealkylation sites (tertiary alicyclic amines) is 1. The third kappa shape index (κ3) is 4.39. The van der Waals surface area contributed by atoms with Crippen LogP contribution in [-0.4, -0.2) is 50.2 Å². The molecule has 1 aliphatic rings. The third-order valence-electron chi connectivity index (χ3n) is 4.84. The summed E-state index contributed by atoms with van der Waals surface area (Å²) in [5.41, 5.74) is 2.58. The Morgan fingerprint density at radius 2 is 2.00 bits per heavy atom. The standard InChI is InChI=1S/C20H24N4O4/c1-13-10-14(2)24(22-13)12-18(25)21-16-7-5-6-15(11-16)19(26)23-9-4-3-8-17(23)20(27)28/h5-7,10-11,17H,3-4,8-9,12H2,1-2H3,(H,21,25)(H,27,28). The van der Waals surface area contributed by atoms with Gasteiger partial charge in [-0.1, -0.05) is 6.07 Å². The first kappa shape index (κ1) is 19.6. The Kier molecular flexibility index (Phi) is 5.77. The Balaban J connectivity index is 1.71. The molecule has 8 nitrogen and oxygen atoms in total. The number of rotatable bonds is 5. The van der Waals surface area contributed by atoms with Crippen LogP contribution in [0, 0.1) is 13.8 Å². The summed E-state index contributed by atoms with van der Waals surface area (Å²) in [6.45, 7) is 4.24. The number of carboxylic acid groups (broad SMARTS) is 1. The van der Waals surface area contributed by atoms with Gasteiger partial charge in [-0.25, -0.2) is 4.79 Å². The fourth-order valence-electron chi connectivity index (χ4n) is 3.50. The van der Waals surface area contributed by atoms with Crippen molar-refractivity contribution in [3.05, 3.63) is 47.3 Å². The number of carboxylic acids is 1. The number of aliphatic carboxylic acids is 1. The molecule has 0 aliphatic carbocycles. The molecule has 8 heteroatoms. The molecule has 1 aromatic heterocycles. The van der Waals surface area contributed by atoms with Crippen LogP contribution in [0.15, 0.2) is 30.3 Å². The highest BCUT2D eigenvalue weighted by Crippen LogP contribution is 2.21. The van der Waals surface area contributed by atoms with Crippen LogP contribution >= 0.6 is 0 Å². The monoisotopic (exact) mass is 384 g/mol. The van der Waals surface area contributed by atoms with Gasteiger partial charge in [-0.3, -0.25) is 14.3 Å². The zero-order valence-corrected chi connectivity index (χ0v) is 16.0. The normalized spacial score (nSPS) is 16.6. The molecule has 28 heavy (non-hydrogen) atoms. The minimum atomic E-state index is -0.984. The highest BCUT2D eigenvalue weighted by atomic mass is 16.4. The number of hydrogen-bond acceptors (Lipinski definition) is 4. The second kappa shape index (κ2) is 8.24. The maximum Gasteiger partial charge on any atom is 0.326 e. The van der Waals surface area contributed by atoms with Gasteiger partial charge in [-0.05, 0) is 57.4 Å². The molecule has 1 aliphatic heterocycles. The van der Waals surface area contributed by atoms with E-state index in [0.29, 0.717) is 24.2 Å². The Labute approximate surface area is 163 Å². The number of aryl methyl sites for hydroxylation is 2. The van der Waals surface area contributed by atoms with E-state index in [1.807, 2.05) is 19.9 Å². The van der Waals surface area contributed by atoms with Crippen LogP contribution in [0.1, 0.15) is 41.0 Å². The summed E-state index contributed by atoms with van der Waals surface area (Å²) in [6.07, 6.45) is 2.04. The van der Waals surface area contributed by atoms with Gasteiger partial charge in [0.15, 0.2) is 0 Å². The van der Waals surface area contributed by atoms with Crippen molar-refractivity contribution < 1.29 is 19.5 Å². The maximum atomic E-state index is 12.8. The Morgan fingerprint density at radius 3 is 2.68 bits per heavy atom. The van der Waals surface area contributed by atoms with Crippen molar-refractivity contribution in [2.24, 2.45) is 0 Å². The van der Waals surface area contributed by atoms with E-state index in [2.05, 4.69) is 10.4 Å². The second-order valence-corrected chi connectivity index (χ2v) is 7.06. The summed E-state index contributed by atoms with van der Waals surface area (Å²) in [5, 5.41) is 16.4. The van der Waals surface area contributed by atoms with Crippen LogP contribution in [-0.2, 0) is 16.1 Å². The zero-order valence-electron chi connectivity index (χ0n) is 16.0. The molecular formula is C20H24N4O4. The maximum absolute atomic E-state index is 12.8. The van der Waals surface area contributed by atoms with E-state index in [-0.39, 0.29) is 18.4 Å². The fourth-order valence-corrected chi connectivity index (χ4v) is 3.50. The fraction of sp³-hybridized carbons (Fsp3) is 0.400. The molecular weight excluding hydrogens is 360 g/mol. The largest absolute Gasteiger partial charge is 0.480 e. The van der Waals surface area contributed by atoms with Crippen LogP contribution in [0.25, 0.3) is 0 Å². The number of anilines is 1. The zero-order chi connectivity index (χ0) is 20.3. The van der Waals surface area contributed by atoms with Crippen molar-refractivity contribution in [1.29, 1.82) is 0 Å². The van der Waals surface area contributed by atoms with Gasteiger partial charge in [0.1, 0.15) is 12.6 Å². The van der Waals surface area contributed by atoms with E-state index in [1.54, 1.807) is 28.9 Å². The molecule has 0 bridgehead atoms. The Bertz CT molecular complexity index is 905. The minimum Gasteiger partial charge on any atom is -0.480 e. The lowest BCUT2D eigenvalue weighted by Crippen LogP contribution is -2.48. The molecule has 0 saturated carbocycles. The number of piperidine rings is 1. The number of carbonyl (C=O) groups is 3. The summed E-state index contributed by atoms with van der Waals surface area (Å²) in [7, 11) is 0. The quantitative estimate of drug-likeness (QED) is 0.822. The first-order valence-corrected chi connectivity index (χ1v) is 9.30. The molecule has 0 radical (unpaired) electrons. The average molecular weight is 384 g/mol. The average Bonchev–Trinajstić information content (AvgIpc) is 2.98. The number of aromatic nitrogens is 2. The van der Waals surface area contributed by atoms with Crippen LogP contribution in [0.2, 0.25) is 0 Å². The first-order valence-electron chi connectivity index (χ1n) is 9.30. The molecule has 1 fully saturated rings. The van der Waals surface area contributed by atoms with Gasteiger partial charge in [0.05, 0.1) is 5.69 Å². The van der Waals surface area contributed by atoms with E-state index < -0.39 is 12.0 Å². The van der Waals surface area contributed by atoms with Crippen LogP contribution in [0.4, 0.5) is 5.69 Å². The predicted octanol–water partition coefficient (Wildman–Crippen LogP) is 2.22. The lowest BCUT2D eigenvalue weighted by atomic mass is 10.0. The number of nitrogens with one attached hydrogen (secondary N) is 1. The van der Waals surface area contributed by atoms with Gasteiger partial charge in [0.2, 0.25) is 5.91 Å². The van der Waals surface area contributed by atoms with Crippen LogP contribution < -0.4 is 5.32 Å². The van der Waals surface area contributed by atoms with E-state index in [9.17, 15) is 19.5 Å². The van der Waals surface area contributed by atoms with Crippen molar-refractivity contribution in [2.75, 3.05) is 11.9 Å². The highest BCUT2D eigenvalue weighted by Gasteiger charge is 2.32. The van der Waals surface area contributed by atoms with Crippen LogP contribution in [0.5, 0.6) is 0 Å². The van der Waals surface area contributed by atoms with Gasteiger partial charge in [0, 0.05) is 23.5 Å². The number of carbonyl (C=O) groups excluding carboxylic acids is 2. The SMILES string of the molecule is Cc1cc(C)n(CC(=O)Nc2cccc(C(=O)N3CCCCC3C(=O)O)c2)n1. The van der Waals surface area contributed by atoms with Crippen molar-refractivity contribution in [3.8, 4) is 0 Å². The summed E-state index contributed by atoms with van der Waals surface area (Å²) in [5.74, 6) is -1.57. The van der Waals surface area contributed by atoms with E-state index in [4.69, 9.17) is 0 Å². The summed E-state index contributed by atoms with van der Waals surface area (Å²) in [4.78, 5) is 38.0. The van der Waals surface area contributed by atoms with Crippen molar-refractivity contribution in [1.82, 2.24) is 14.7 Å². The smallest absolute Gasteiger partial charge is 0.326 e. The van der Waals surface area contributed by atoms with E-state index >= 15 is 0 Å². The van der Waals surface area contributed by atoms with Gasteiger partial charge in [-0.15, -0.1) is 0 Å². The molecule has 2 N–H and O–H groups in total. The molecule has 148 valence electrons. The topological polar surface area (TPSA) is 105 Å². The first-order chi connectivity index (χ1) is 13.3. The number of nitrogens with zero attached hydrogens (tertiary/aromatic N) is 3. The second-order valence-electron chi connectivity index (χ2n) is 7.06. The third-order valence-corrected chi connectivity index (χ3v) is 4.84. The van der Waals surface area contributed by atoms with Crippen molar-refractivity contribution in [3.63, 3.8) is 0 Å².